The summed E-state index contributed by atoms with van der Waals surface area (Å²) >= 11 is 0. The Morgan fingerprint density at radius 3 is 2.30 bits per heavy atom. The molecule has 138 valence electrons. The number of unbranched alkanes of at least 4 members (excludes halogenated alkanes) is 1. The van der Waals surface area contributed by atoms with Crippen molar-refractivity contribution in [3.63, 3.8) is 0 Å². The summed E-state index contributed by atoms with van der Waals surface area (Å²) in [6.45, 7) is 16.1. The van der Waals surface area contributed by atoms with E-state index in [4.69, 9.17) is 0 Å². The van der Waals surface area contributed by atoms with Crippen LogP contribution in [0.4, 0.5) is 0 Å². The van der Waals surface area contributed by atoms with Gasteiger partial charge in [0.05, 0.1) is 0 Å². The van der Waals surface area contributed by atoms with Crippen molar-refractivity contribution in [2.45, 2.75) is 33.6 Å². The number of halogens is 1. The summed E-state index contributed by atoms with van der Waals surface area (Å²) in [4.78, 5) is 11.8. The molecular formula is C17H38IN5. The van der Waals surface area contributed by atoms with Crippen LogP contribution in [0.2, 0.25) is 0 Å². The Balaban J connectivity index is 0.00000484. The van der Waals surface area contributed by atoms with Gasteiger partial charge >= 0.3 is 0 Å². The topological polar surface area (TPSA) is 34.1 Å². The number of rotatable bonds is 8. The van der Waals surface area contributed by atoms with Gasteiger partial charge in [-0.15, -0.1) is 24.0 Å². The minimum Gasteiger partial charge on any atom is -0.356 e. The molecule has 0 amide bonds. The van der Waals surface area contributed by atoms with Crippen molar-refractivity contribution >= 4 is 29.9 Å². The van der Waals surface area contributed by atoms with Gasteiger partial charge in [0.15, 0.2) is 5.96 Å². The molecule has 1 heterocycles. The third-order valence-electron chi connectivity index (χ3n) is 4.51. The Kier molecular flexibility index (Phi) is 13.2. The monoisotopic (exact) mass is 439 g/mol. The van der Waals surface area contributed by atoms with E-state index in [-0.39, 0.29) is 24.0 Å². The lowest BCUT2D eigenvalue weighted by Crippen LogP contribution is -2.48. The van der Waals surface area contributed by atoms with Crippen molar-refractivity contribution in [2.24, 2.45) is 10.9 Å². The average Bonchev–Trinajstić information content (AvgIpc) is 2.54. The fourth-order valence-corrected chi connectivity index (χ4v) is 2.94. The quantitative estimate of drug-likeness (QED) is 0.357. The van der Waals surface area contributed by atoms with Gasteiger partial charge < -0.3 is 20.0 Å². The highest BCUT2D eigenvalue weighted by atomic mass is 127. The summed E-state index contributed by atoms with van der Waals surface area (Å²) < 4.78 is 0. The first kappa shape index (κ1) is 22.9. The highest BCUT2D eigenvalue weighted by Gasteiger charge is 2.17. The maximum atomic E-state index is 4.39. The molecule has 1 rings (SSSR count). The van der Waals surface area contributed by atoms with Crippen LogP contribution in [-0.4, -0.2) is 87.1 Å². The number of nitrogens with one attached hydrogen (secondary N) is 1. The Labute approximate surface area is 160 Å². The summed E-state index contributed by atoms with van der Waals surface area (Å²) in [5, 5.41) is 3.53. The average molecular weight is 439 g/mol. The smallest absolute Gasteiger partial charge is 0.193 e. The van der Waals surface area contributed by atoms with Crippen LogP contribution in [0.1, 0.15) is 33.6 Å². The van der Waals surface area contributed by atoms with E-state index in [0.717, 1.165) is 19.0 Å². The highest BCUT2D eigenvalue weighted by Crippen LogP contribution is 2.05. The maximum absolute atomic E-state index is 4.39. The maximum Gasteiger partial charge on any atom is 0.193 e. The number of nitrogens with zero attached hydrogens (tertiary/aromatic N) is 4. The summed E-state index contributed by atoms with van der Waals surface area (Å²) in [7, 11) is 4.00. The molecule has 0 spiro atoms. The molecule has 6 heteroatoms. The van der Waals surface area contributed by atoms with Crippen LogP contribution in [0, 0.1) is 5.92 Å². The fourth-order valence-electron chi connectivity index (χ4n) is 2.94. The zero-order chi connectivity index (χ0) is 16.4. The van der Waals surface area contributed by atoms with Crippen molar-refractivity contribution in [1.82, 2.24) is 20.0 Å². The molecule has 0 radical (unpaired) electrons. The molecular weight excluding hydrogens is 401 g/mol. The van der Waals surface area contributed by atoms with Crippen molar-refractivity contribution in [1.29, 1.82) is 0 Å². The molecule has 0 saturated carbocycles. The summed E-state index contributed by atoms with van der Waals surface area (Å²) in [5.74, 6) is 1.67. The second-order valence-corrected chi connectivity index (χ2v) is 6.54. The van der Waals surface area contributed by atoms with Crippen molar-refractivity contribution < 1.29 is 0 Å². The van der Waals surface area contributed by atoms with Crippen LogP contribution in [0.5, 0.6) is 0 Å². The molecule has 5 nitrogen and oxygen atoms in total. The van der Waals surface area contributed by atoms with E-state index in [2.05, 4.69) is 52.8 Å². The fraction of sp³-hybridized carbons (Fsp3) is 0.941. The van der Waals surface area contributed by atoms with E-state index in [1.54, 1.807) is 0 Å². The molecule has 1 aliphatic rings. The largest absolute Gasteiger partial charge is 0.356 e. The van der Waals surface area contributed by atoms with Gasteiger partial charge in [-0.25, -0.2) is 0 Å². The lowest BCUT2D eigenvalue weighted by molar-refractivity contribution is 0.124. The van der Waals surface area contributed by atoms with Crippen molar-refractivity contribution in [3.8, 4) is 0 Å². The molecule has 1 atom stereocenters. The third kappa shape index (κ3) is 9.10. The molecule has 1 saturated heterocycles. The van der Waals surface area contributed by atoms with E-state index in [0.29, 0.717) is 5.92 Å². The lowest BCUT2D eigenvalue weighted by atomic mass is 10.1. The predicted octanol–water partition coefficient (Wildman–Crippen LogP) is 2.19. The van der Waals surface area contributed by atoms with Crippen LogP contribution >= 0.6 is 24.0 Å². The van der Waals surface area contributed by atoms with Crippen LogP contribution in [0.3, 0.4) is 0 Å². The van der Waals surface area contributed by atoms with Crippen molar-refractivity contribution in [3.05, 3.63) is 0 Å². The number of likely N-dealkylation sites (N-methyl/N-ethyl adjacent to an activating group) is 1. The van der Waals surface area contributed by atoms with Gasteiger partial charge in [-0.1, -0.05) is 27.2 Å². The van der Waals surface area contributed by atoms with Gasteiger partial charge in [0.1, 0.15) is 0 Å². The Morgan fingerprint density at radius 1 is 1.17 bits per heavy atom. The van der Waals surface area contributed by atoms with Gasteiger partial charge in [0.25, 0.3) is 0 Å². The summed E-state index contributed by atoms with van der Waals surface area (Å²) in [6, 6.07) is 0. The lowest BCUT2D eigenvalue weighted by Gasteiger charge is -2.35. The standard InChI is InChI=1S/C17H37N5.HI/c1-6-8-9-20(5)17(18-4)19-14-16(3)15-22-12-10-21(7-2)11-13-22;/h16H,6-15H2,1-5H3,(H,18,19);1H. The Morgan fingerprint density at radius 2 is 1.78 bits per heavy atom. The van der Waals surface area contributed by atoms with Gasteiger partial charge in [-0.2, -0.15) is 0 Å². The Bertz CT molecular complexity index is 316. The van der Waals surface area contributed by atoms with Crippen LogP contribution < -0.4 is 5.32 Å². The first-order valence-corrected chi connectivity index (χ1v) is 8.97. The second-order valence-electron chi connectivity index (χ2n) is 6.54. The van der Waals surface area contributed by atoms with E-state index in [9.17, 15) is 0 Å². The van der Waals surface area contributed by atoms with Gasteiger partial charge in [0.2, 0.25) is 0 Å². The van der Waals surface area contributed by atoms with E-state index in [1.165, 1.54) is 52.1 Å². The van der Waals surface area contributed by atoms with Gasteiger partial charge in [-0.05, 0) is 18.9 Å². The second kappa shape index (κ2) is 13.2. The molecule has 1 unspecified atom stereocenters. The summed E-state index contributed by atoms with van der Waals surface area (Å²) in [6.07, 6.45) is 2.44. The number of hydrogen-bond donors (Lipinski definition) is 1. The van der Waals surface area contributed by atoms with Crippen LogP contribution in [0.25, 0.3) is 0 Å². The van der Waals surface area contributed by atoms with E-state index in [1.807, 2.05) is 7.05 Å². The number of hydrogen-bond acceptors (Lipinski definition) is 3. The first-order chi connectivity index (χ1) is 10.6. The zero-order valence-corrected chi connectivity index (χ0v) is 18.2. The zero-order valence-electron chi connectivity index (χ0n) is 15.8. The van der Waals surface area contributed by atoms with Crippen LogP contribution in [-0.2, 0) is 0 Å². The molecule has 0 aromatic carbocycles. The number of aliphatic imine (C=N–C) groups is 1. The molecule has 0 aromatic rings. The molecule has 0 bridgehead atoms. The molecule has 1 N–H and O–H groups in total. The minimum absolute atomic E-state index is 0. The first-order valence-electron chi connectivity index (χ1n) is 8.97. The minimum atomic E-state index is 0. The van der Waals surface area contributed by atoms with Gasteiger partial charge in [-0.3, -0.25) is 4.99 Å². The normalized spacial score (nSPS) is 18.4. The predicted molar refractivity (Wildman–Crippen MR) is 112 cm³/mol. The number of guanidine groups is 1. The van der Waals surface area contributed by atoms with Gasteiger partial charge in [0, 0.05) is 59.9 Å². The van der Waals surface area contributed by atoms with E-state index >= 15 is 0 Å². The molecule has 1 fully saturated rings. The molecule has 0 aromatic heterocycles. The van der Waals surface area contributed by atoms with E-state index < -0.39 is 0 Å². The SMILES string of the molecule is CCCCN(C)C(=NC)NCC(C)CN1CCN(CC)CC1.I. The van der Waals surface area contributed by atoms with Crippen LogP contribution in [0.15, 0.2) is 4.99 Å². The van der Waals surface area contributed by atoms with Crippen molar-refractivity contribution in [2.75, 3.05) is 66.5 Å². The molecule has 0 aliphatic carbocycles. The Hall–Kier alpha value is -0.0800. The third-order valence-corrected chi connectivity index (χ3v) is 4.51. The number of piperazine rings is 1. The molecule has 23 heavy (non-hydrogen) atoms. The highest BCUT2D eigenvalue weighted by molar-refractivity contribution is 14.0. The summed E-state index contributed by atoms with van der Waals surface area (Å²) in [5.41, 5.74) is 0. The molecule has 1 aliphatic heterocycles.